The van der Waals surface area contributed by atoms with Gasteiger partial charge in [0, 0.05) is 41.8 Å². The average Bonchev–Trinajstić information content (AvgIpc) is 3.09. The predicted octanol–water partition coefficient (Wildman–Crippen LogP) is 4.44. The van der Waals surface area contributed by atoms with Crippen LogP contribution in [0.25, 0.3) is 10.2 Å². The van der Waals surface area contributed by atoms with Crippen molar-refractivity contribution in [1.82, 2.24) is 14.9 Å². The van der Waals surface area contributed by atoms with Crippen molar-refractivity contribution >= 4 is 44.7 Å². The number of nitrogens with two attached hydrogens (primary N) is 1. The molecule has 7 heteroatoms. The number of anilines is 2. The van der Waals surface area contributed by atoms with Crippen molar-refractivity contribution < 1.29 is 0 Å². The Morgan fingerprint density at radius 2 is 1.90 bits per heavy atom. The molecule has 0 radical (unpaired) electrons. The largest absolute Gasteiger partial charge is 0.383 e. The first kappa shape index (κ1) is 19.1. The second kappa shape index (κ2) is 7.74. The molecule has 3 heterocycles. The fourth-order valence-corrected chi connectivity index (χ4v) is 6.03. The van der Waals surface area contributed by atoms with Gasteiger partial charge in [-0.1, -0.05) is 17.7 Å². The summed E-state index contributed by atoms with van der Waals surface area (Å²) in [4.78, 5) is 17.0. The van der Waals surface area contributed by atoms with Crippen molar-refractivity contribution in [2.75, 3.05) is 36.8 Å². The Kier molecular flexibility index (Phi) is 5.10. The van der Waals surface area contributed by atoms with Gasteiger partial charge in [-0.15, -0.1) is 11.3 Å². The number of halogens is 1. The molecule has 5 rings (SSSR count). The van der Waals surface area contributed by atoms with Gasteiger partial charge >= 0.3 is 0 Å². The maximum absolute atomic E-state index is 6.38. The molecule has 0 saturated carbocycles. The van der Waals surface area contributed by atoms with Crippen LogP contribution in [0.2, 0.25) is 5.02 Å². The van der Waals surface area contributed by atoms with E-state index in [1.807, 2.05) is 17.4 Å². The monoisotopic (exact) mass is 427 g/mol. The van der Waals surface area contributed by atoms with Crippen LogP contribution >= 0.6 is 22.9 Å². The van der Waals surface area contributed by atoms with Gasteiger partial charge < -0.3 is 10.6 Å². The van der Waals surface area contributed by atoms with Gasteiger partial charge in [0.15, 0.2) is 0 Å². The van der Waals surface area contributed by atoms with Crippen molar-refractivity contribution in [3.05, 3.63) is 45.1 Å². The molecule has 2 aromatic heterocycles. The molecule has 5 nitrogen and oxygen atoms in total. The Labute approximate surface area is 180 Å². The Hall–Kier alpha value is -1.89. The van der Waals surface area contributed by atoms with E-state index < -0.39 is 0 Å². The van der Waals surface area contributed by atoms with Crippen LogP contribution in [0.1, 0.15) is 34.7 Å². The number of rotatable bonds is 3. The summed E-state index contributed by atoms with van der Waals surface area (Å²) in [6.07, 6.45) is 4.80. The molecule has 0 amide bonds. The Bertz CT molecular complexity index is 1060. The zero-order chi connectivity index (χ0) is 20.0. The summed E-state index contributed by atoms with van der Waals surface area (Å²) in [6.45, 7) is 6.82. The van der Waals surface area contributed by atoms with E-state index in [2.05, 4.69) is 33.8 Å². The SMILES string of the molecule is Cc1ccc(Cl)cc1N1CCN(Cc2nc(N)c3c4c(sc3n2)CCCC4)CC1. The summed E-state index contributed by atoms with van der Waals surface area (Å²) in [7, 11) is 0. The molecular weight excluding hydrogens is 402 g/mol. The van der Waals surface area contributed by atoms with Gasteiger partial charge in [-0.3, -0.25) is 4.90 Å². The van der Waals surface area contributed by atoms with E-state index in [9.17, 15) is 0 Å². The lowest BCUT2D eigenvalue weighted by atomic mass is 9.97. The molecule has 0 spiro atoms. The summed E-state index contributed by atoms with van der Waals surface area (Å²) >= 11 is 8.03. The first-order valence-corrected chi connectivity index (χ1v) is 11.6. The van der Waals surface area contributed by atoms with Crippen molar-refractivity contribution in [2.24, 2.45) is 0 Å². The third-order valence-electron chi connectivity index (χ3n) is 6.14. The van der Waals surface area contributed by atoms with E-state index in [-0.39, 0.29) is 0 Å². The molecule has 1 aliphatic carbocycles. The van der Waals surface area contributed by atoms with Crippen LogP contribution in [-0.4, -0.2) is 41.0 Å². The maximum atomic E-state index is 6.38. The van der Waals surface area contributed by atoms with E-state index in [0.29, 0.717) is 5.82 Å². The van der Waals surface area contributed by atoms with Crippen LogP contribution in [0, 0.1) is 6.92 Å². The summed E-state index contributed by atoms with van der Waals surface area (Å²) in [5.74, 6) is 1.51. The molecule has 0 atom stereocenters. The first-order chi connectivity index (χ1) is 14.1. The van der Waals surface area contributed by atoms with Gasteiger partial charge in [0.1, 0.15) is 16.5 Å². The Morgan fingerprint density at radius 1 is 1.10 bits per heavy atom. The topological polar surface area (TPSA) is 58.3 Å². The number of thiophene rings is 1. The summed E-state index contributed by atoms with van der Waals surface area (Å²) < 4.78 is 0. The molecule has 152 valence electrons. The average molecular weight is 428 g/mol. The number of nitrogens with zero attached hydrogens (tertiary/aromatic N) is 4. The number of fused-ring (bicyclic) bond motifs is 3. The quantitative estimate of drug-likeness (QED) is 0.669. The van der Waals surface area contributed by atoms with Gasteiger partial charge in [-0.25, -0.2) is 9.97 Å². The predicted molar refractivity (Wildman–Crippen MR) is 122 cm³/mol. The number of nitrogen functional groups attached to an aromatic ring is 1. The highest BCUT2D eigenvalue weighted by Crippen LogP contribution is 2.37. The van der Waals surface area contributed by atoms with Crippen LogP contribution in [0.15, 0.2) is 18.2 Å². The summed E-state index contributed by atoms with van der Waals surface area (Å²) in [5, 5.41) is 1.92. The van der Waals surface area contributed by atoms with E-state index >= 15 is 0 Å². The fourth-order valence-electron chi connectivity index (χ4n) is 4.57. The number of benzene rings is 1. The minimum atomic E-state index is 0.664. The van der Waals surface area contributed by atoms with Gasteiger partial charge in [0.05, 0.1) is 11.9 Å². The lowest BCUT2D eigenvalue weighted by molar-refractivity contribution is 0.244. The third-order valence-corrected chi connectivity index (χ3v) is 7.56. The number of aromatic nitrogens is 2. The van der Waals surface area contributed by atoms with Gasteiger partial charge in [-0.2, -0.15) is 0 Å². The molecule has 1 fully saturated rings. The fraction of sp³-hybridized carbons (Fsp3) is 0.455. The first-order valence-electron chi connectivity index (χ1n) is 10.4. The van der Waals surface area contributed by atoms with Crippen LogP contribution < -0.4 is 10.6 Å². The standard InChI is InChI=1S/C22H26ClN5S/c1-14-6-7-15(23)12-17(14)28-10-8-27(9-11-28)13-19-25-21(24)20-16-4-2-3-5-18(16)29-22(20)26-19/h6-7,12H,2-5,8-11,13H2,1H3,(H2,24,25,26). The van der Waals surface area contributed by atoms with Gasteiger partial charge in [0.25, 0.3) is 0 Å². The second-order valence-electron chi connectivity index (χ2n) is 8.11. The number of hydrogen-bond donors (Lipinski definition) is 1. The smallest absolute Gasteiger partial charge is 0.146 e. The maximum Gasteiger partial charge on any atom is 0.146 e. The lowest BCUT2D eigenvalue weighted by Crippen LogP contribution is -2.46. The molecule has 3 aromatic rings. The highest BCUT2D eigenvalue weighted by molar-refractivity contribution is 7.19. The van der Waals surface area contributed by atoms with Crippen molar-refractivity contribution in [3.63, 3.8) is 0 Å². The van der Waals surface area contributed by atoms with Gasteiger partial charge in [-0.05, 0) is 55.9 Å². The zero-order valence-electron chi connectivity index (χ0n) is 16.7. The Morgan fingerprint density at radius 3 is 2.72 bits per heavy atom. The molecule has 1 saturated heterocycles. The number of aryl methyl sites for hydroxylation is 3. The van der Waals surface area contributed by atoms with Crippen LogP contribution in [0.3, 0.4) is 0 Å². The van der Waals surface area contributed by atoms with E-state index in [0.717, 1.165) is 66.6 Å². The highest BCUT2D eigenvalue weighted by Gasteiger charge is 2.22. The molecule has 0 unspecified atom stereocenters. The second-order valence-corrected chi connectivity index (χ2v) is 9.63. The lowest BCUT2D eigenvalue weighted by Gasteiger charge is -2.36. The zero-order valence-corrected chi connectivity index (χ0v) is 18.3. The van der Waals surface area contributed by atoms with Crippen molar-refractivity contribution in [1.29, 1.82) is 0 Å². The van der Waals surface area contributed by atoms with Crippen LogP contribution in [0.4, 0.5) is 11.5 Å². The van der Waals surface area contributed by atoms with E-state index in [4.69, 9.17) is 22.3 Å². The van der Waals surface area contributed by atoms with Crippen molar-refractivity contribution in [3.8, 4) is 0 Å². The minimum Gasteiger partial charge on any atom is -0.383 e. The van der Waals surface area contributed by atoms with Crippen LogP contribution in [0.5, 0.6) is 0 Å². The Balaban J connectivity index is 1.30. The molecular formula is C22H26ClN5S. The molecule has 29 heavy (non-hydrogen) atoms. The summed E-state index contributed by atoms with van der Waals surface area (Å²) in [5.41, 5.74) is 10.3. The number of piperazine rings is 1. The van der Waals surface area contributed by atoms with Crippen molar-refractivity contribution in [2.45, 2.75) is 39.2 Å². The van der Waals surface area contributed by atoms with E-state index in [1.165, 1.54) is 34.5 Å². The van der Waals surface area contributed by atoms with Crippen LogP contribution in [-0.2, 0) is 19.4 Å². The molecule has 2 aliphatic rings. The molecule has 1 aromatic carbocycles. The highest BCUT2D eigenvalue weighted by atomic mass is 35.5. The third kappa shape index (κ3) is 3.69. The normalized spacial score (nSPS) is 17.7. The molecule has 1 aliphatic heterocycles. The molecule has 2 N–H and O–H groups in total. The summed E-state index contributed by atoms with van der Waals surface area (Å²) in [6, 6.07) is 6.12. The molecule has 0 bridgehead atoms. The number of hydrogen-bond acceptors (Lipinski definition) is 6. The van der Waals surface area contributed by atoms with Gasteiger partial charge in [0.2, 0.25) is 0 Å². The minimum absolute atomic E-state index is 0.664. The van der Waals surface area contributed by atoms with E-state index in [1.54, 1.807) is 0 Å².